The molecule has 4 rings (SSSR count). The fourth-order valence-corrected chi connectivity index (χ4v) is 4.10. The highest BCUT2D eigenvalue weighted by Gasteiger charge is 2.28. The van der Waals surface area contributed by atoms with Crippen LogP contribution in [0.3, 0.4) is 0 Å². The molecule has 9 nitrogen and oxygen atoms in total. The molecule has 1 fully saturated rings. The summed E-state index contributed by atoms with van der Waals surface area (Å²) in [7, 11) is 3.28. The van der Waals surface area contributed by atoms with Crippen LogP contribution < -0.4 is 14.8 Å². The van der Waals surface area contributed by atoms with Gasteiger partial charge in [-0.3, -0.25) is 9.69 Å². The van der Waals surface area contributed by atoms with Crippen LogP contribution in [-0.2, 0) is 11.3 Å². The molecule has 0 radical (unpaired) electrons. The fourth-order valence-electron chi connectivity index (χ4n) is 4.10. The zero-order chi connectivity index (χ0) is 22.3. The van der Waals surface area contributed by atoms with Crippen molar-refractivity contribution in [2.75, 3.05) is 27.3 Å². The maximum atomic E-state index is 13.1. The van der Waals surface area contributed by atoms with Crippen LogP contribution in [0.2, 0.25) is 0 Å². The molecule has 1 aromatic heterocycles. The monoisotopic (exact) mass is 436 g/mol. The summed E-state index contributed by atoms with van der Waals surface area (Å²) in [4.78, 5) is 15.5. The lowest BCUT2D eigenvalue weighted by atomic mass is 10.0. The van der Waals surface area contributed by atoms with Gasteiger partial charge in [0.25, 0.3) is 0 Å². The van der Waals surface area contributed by atoms with Crippen LogP contribution in [0.1, 0.15) is 30.0 Å². The van der Waals surface area contributed by atoms with Crippen LogP contribution >= 0.6 is 0 Å². The quantitative estimate of drug-likeness (QED) is 0.578. The number of carbonyl (C=O) groups excluding carboxylic acids is 1. The molecule has 32 heavy (non-hydrogen) atoms. The van der Waals surface area contributed by atoms with Crippen LogP contribution in [-0.4, -0.2) is 64.4 Å². The van der Waals surface area contributed by atoms with E-state index in [1.807, 2.05) is 42.5 Å². The molecule has 1 atom stereocenters. The molecule has 0 aliphatic carbocycles. The van der Waals surface area contributed by atoms with Gasteiger partial charge in [-0.15, -0.1) is 5.10 Å². The predicted molar refractivity (Wildman–Crippen MR) is 118 cm³/mol. The van der Waals surface area contributed by atoms with E-state index in [0.29, 0.717) is 0 Å². The number of aromatic nitrogens is 4. The van der Waals surface area contributed by atoms with Crippen molar-refractivity contribution in [1.82, 2.24) is 30.4 Å². The number of nitrogens with zero attached hydrogens (tertiary/aromatic N) is 5. The molecule has 2 aromatic carbocycles. The summed E-state index contributed by atoms with van der Waals surface area (Å²) in [5.74, 6) is 1.37. The number of tetrazole rings is 1. The standard InChI is InChI=1S/C23H28N6O3/c1-31-20-9-8-17(14-21(20)32-2)15-28-12-10-19(11-13-28)25-23(30)22(29-16-24-26-27-29)18-6-4-3-5-7-18/h3-9,14,16,19,22H,10-13,15H2,1-2H3,(H,25,30). The lowest BCUT2D eigenvalue weighted by Gasteiger charge is -2.33. The molecule has 9 heteroatoms. The summed E-state index contributed by atoms with van der Waals surface area (Å²) in [6, 6.07) is 15.1. The highest BCUT2D eigenvalue weighted by Crippen LogP contribution is 2.28. The Morgan fingerprint density at radius 1 is 1.09 bits per heavy atom. The molecule has 1 amide bonds. The van der Waals surface area contributed by atoms with Crippen molar-refractivity contribution in [1.29, 1.82) is 0 Å². The second kappa shape index (κ2) is 10.2. The molecule has 168 valence electrons. The first kappa shape index (κ1) is 21.8. The van der Waals surface area contributed by atoms with E-state index >= 15 is 0 Å². The molecular formula is C23H28N6O3. The minimum atomic E-state index is -0.587. The number of methoxy groups -OCH3 is 2. The molecule has 1 N–H and O–H groups in total. The van der Waals surface area contributed by atoms with E-state index in [-0.39, 0.29) is 11.9 Å². The fraction of sp³-hybridized carbons (Fsp3) is 0.391. The van der Waals surface area contributed by atoms with E-state index in [0.717, 1.165) is 49.5 Å². The van der Waals surface area contributed by atoms with Gasteiger partial charge < -0.3 is 14.8 Å². The summed E-state index contributed by atoms with van der Waals surface area (Å²) in [6.07, 6.45) is 3.25. The first-order valence-corrected chi connectivity index (χ1v) is 10.7. The normalized spacial score (nSPS) is 15.8. The van der Waals surface area contributed by atoms with Crippen molar-refractivity contribution < 1.29 is 14.3 Å². The molecule has 0 spiro atoms. The van der Waals surface area contributed by atoms with Crippen LogP contribution in [0.25, 0.3) is 0 Å². The van der Waals surface area contributed by atoms with Gasteiger partial charge in [0.2, 0.25) is 5.91 Å². The zero-order valence-corrected chi connectivity index (χ0v) is 18.3. The maximum absolute atomic E-state index is 13.1. The average Bonchev–Trinajstić information content (AvgIpc) is 3.35. The number of hydrogen-bond acceptors (Lipinski definition) is 7. The number of rotatable bonds is 8. The molecule has 1 aliphatic rings. The van der Waals surface area contributed by atoms with Crippen molar-refractivity contribution in [3.05, 3.63) is 66.0 Å². The van der Waals surface area contributed by atoms with Gasteiger partial charge >= 0.3 is 0 Å². The van der Waals surface area contributed by atoms with Crippen molar-refractivity contribution in [3.63, 3.8) is 0 Å². The van der Waals surface area contributed by atoms with Gasteiger partial charge in [0.1, 0.15) is 6.33 Å². The maximum Gasteiger partial charge on any atom is 0.249 e. The first-order valence-electron chi connectivity index (χ1n) is 10.7. The minimum absolute atomic E-state index is 0.0955. The molecule has 3 aromatic rings. The number of piperidine rings is 1. The van der Waals surface area contributed by atoms with Gasteiger partial charge in [-0.25, -0.2) is 4.68 Å². The van der Waals surface area contributed by atoms with E-state index in [2.05, 4.69) is 31.8 Å². The summed E-state index contributed by atoms with van der Waals surface area (Å²) in [5.41, 5.74) is 2.02. The van der Waals surface area contributed by atoms with Gasteiger partial charge in [0, 0.05) is 25.7 Å². The van der Waals surface area contributed by atoms with Crippen molar-refractivity contribution in [2.24, 2.45) is 0 Å². The van der Waals surface area contributed by atoms with E-state index < -0.39 is 6.04 Å². The lowest BCUT2D eigenvalue weighted by molar-refractivity contribution is -0.124. The summed E-state index contributed by atoms with van der Waals surface area (Å²) in [6.45, 7) is 2.64. The Bertz CT molecular complexity index is 1000. The topological polar surface area (TPSA) is 94.4 Å². The summed E-state index contributed by atoms with van der Waals surface area (Å²) < 4.78 is 12.2. The molecular weight excluding hydrogens is 408 g/mol. The van der Waals surface area contributed by atoms with Crippen molar-refractivity contribution in [2.45, 2.75) is 31.5 Å². The van der Waals surface area contributed by atoms with Gasteiger partial charge in [-0.05, 0) is 46.5 Å². The van der Waals surface area contributed by atoms with Gasteiger partial charge in [0.15, 0.2) is 17.5 Å². The Labute approximate surface area is 187 Å². The van der Waals surface area contributed by atoms with Crippen LogP contribution in [0.15, 0.2) is 54.9 Å². The smallest absolute Gasteiger partial charge is 0.249 e. The van der Waals surface area contributed by atoms with Crippen molar-refractivity contribution in [3.8, 4) is 11.5 Å². The Hall–Kier alpha value is -3.46. The van der Waals surface area contributed by atoms with E-state index in [4.69, 9.17) is 9.47 Å². The third-order valence-corrected chi connectivity index (χ3v) is 5.78. The average molecular weight is 437 g/mol. The Balaban J connectivity index is 1.35. The largest absolute Gasteiger partial charge is 0.493 e. The second-order valence-corrected chi connectivity index (χ2v) is 7.85. The number of benzene rings is 2. The molecule has 1 aliphatic heterocycles. The van der Waals surface area contributed by atoms with Crippen LogP contribution in [0, 0.1) is 0 Å². The number of hydrogen-bond donors (Lipinski definition) is 1. The van der Waals surface area contributed by atoms with Crippen LogP contribution in [0.5, 0.6) is 11.5 Å². The Morgan fingerprint density at radius 3 is 2.50 bits per heavy atom. The van der Waals surface area contributed by atoms with Gasteiger partial charge in [-0.2, -0.15) is 0 Å². The highest BCUT2D eigenvalue weighted by atomic mass is 16.5. The number of amides is 1. The second-order valence-electron chi connectivity index (χ2n) is 7.85. The van der Waals surface area contributed by atoms with Crippen molar-refractivity contribution >= 4 is 5.91 Å². The predicted octanol–water partition coefficient (Wildman–Crippen LogP) is 2.06. The number of nitrogens with one attached hydrogen (secondary N) is 1. The molecule has 2 heterocycles. The summed E-state index contributed by atoms with van der Waals surface area (Å²) in [5, 5.41) is 14.6. The van der Waals surface area contributed by atoms with E-state index in [1.54, 1.807) is 14.2 Å². The number of likely N-dealkylation sites (tertiary alicyclic amines) is 1. The van der Waals surface area contributed by atoms with Gasteiger partial charge in [-0.1, -0.05) is 36.4 Å². The molecule has 1 saturated heterocycles. The third kappa shape index (κ3) is 5.05. The SMILES string of the molecule is COc1ccc(CN2CCC(NC(=O)C(c3ccccc3)n3cnnn3)CC2)cc1OC. The highest BCUT2D eigenvalue weighted by molar-refractivity contribution is 5.83. The Morgan fingerprint density at radius 2 is 1.84 bits per heavy atom. The van der Waals surface area contributed by atoms with E-state index in [1.165, 1.54) is 16.6 Å². The van der Waals surface area contributed by atoms with Crippen LogP contribution in [0.4, 0.5) is 0 Å². The van der Waals surface area contributed by atoms with E-state index in [9.17, 15) is 4.79 Å². The third-order valence-electron chi connectivity index (χ3n) is 5.78. The lowest BCUT2D eigenvalue weighted by Crippen LogP contribution is -2.46. The van der Waals surface area contributed by atoms with Gasteiger partial charge in [0.05, 0.1) is 14.2 Å². The zero-order valence-electron chi connectivity index (χ0n) is 18.3. The number of carbonyl (C=O) groups is 1. The minimum Gasteiger partial charge on any atom is -0.493 e. The molecule has 0 bridgehead atoms. The first-order chi connectivity index (χ1) is 15.7. The summed E-state index contributed by atoms with van der Waals surface area (Å²) >= 11 is 0. The molecule has 1 unspecified atom stereocenters. The number of ether oxygens (including phenoxy) is 2. The Kier molecular flexibility index (Phi) is 6.96. The molecule has 0 saturated carbocycles.